The van der Waals surface area contributed by atoms with Crippen molar-refractivity contribution in [3.63, 3.8) is 0 Å². The smallest absolute Gasteiger partial charge is 0.357 e. The number of anilines is 1. The van der Waals surface area contributed by atoms with Crippen molar-refractivity contribution in [1.82, 2.24) is 10.2 Å². The van der Waals surface area contributed by atoms with E-state index < -0.39 is 11.2 Å². The van der Waals surface area contributed by atoms with Gasteiger partial charge in [-0.25, -0.2) is 0 Å². The molecule has 1 N–H and O–H groups in total. The van der Waals surface area contributed by atoms with Crippen LogP contribution in [-0.4, -0.2) is 16.2 Å². The van der Waals surface area contributed by atoms with E-state index in [0.29, 0.717) is 17.3 Å². The van der Waals surface area contributed by atoms with E-state index in [-0.39, 0.29) is 11.2 Å². The molecule has 3 rings (SSSR count). The minimum absolute atomic E-state index is 0.149. The largest absolute Gasteiger partial charge is 0.445 e. The lowest BCUT2D eigenvalue weighted by Crippen LogP contribution is -2.03. The quantitative estimate of drug-likeness (QED) is 0.937. The zero-order chi connectivity index (χ0) is 13.5. The Labute approximate surface area is 111 Å². The molecule has 19 heavy (non-hydrogen) atoms. The number of hydrogen-bond acceptors (Lipinski definition) is 4. The fourth-order valence-corrected chi connectivity index (χ4v) is 2.65. The lowest BCUT2D eigenvalue weighted by molar-refractivity contribution is -0.138. The highest BCUT2D eigenvalue weighted by molar-refractivity contribution is 7.15. The molecule has 0 aliphatic heterocycles. The topological polar surface area (TPSA) is 37.8 Å². The van der Waals surface area contributed by atoms with Crippen molar-refractivity contribution in [2.45, 2.75) is 24.6 Å². The van der Waals surface area contributed by atoms with Gasteiger partial charge in [-0.2, -0.15) is 13.2 Å². The van der Waals surface area contributed by atoms with Crippen LogP contribution in [0.3, 0.4) is 0 Å². The first-order valence-corrected chi connectivity index (χ1v) is 6.58. The number of benzene rings is 1. The van der Waals surface area contributed by atoms with Crippen molar-refractivity contribution in [3.8, 4) is 0 Å². The van der Waals surface area contributed by atoms with Crippen molar-refractivity contribution in [2.75, 3.05) is 5.32 Å². The monoisotopic (exact) mass is 285 g/mol. The van der Waals surface area contributed by atoms with Gasteiger partial charge in [0.1, 0.15) is 0 Å². The van der Waals surface area contributed by atoms with E-state index in [9.17, 15) is 13.2 Å². The Morgan fingerprint density at radius 3 is 2.53 bits per heavy atom. The molecule has 1 aromatic heterocycles. The third-order valence-electron chi connectivity index (χ3n) is 2.99. The SMILES string of the molecule is FC(F)(F)c1nnc(NC2CC2c2ccccc2)s1. The molecule has 100 valence electrons. The van der Waals surface area contributed by atoms with Crippen molar-refractivity contribution >= 4 is 16.5 Å². The van der Waals surface area contributed by atoms with E-state index in [1.807, 2.05) is 30.3 Å². The normalized spacial score (nSPS) is 22.3. The first kappa shape index (κ1) is 12.4. The first-order chi connectivity index (χ1) is 9.04. The minimum atomic E-state index is -4.42. The zero-order valence-corrected chi connectivity index (χ0v) is 10.5. The molecular formula is C12H10F3N3S. The van der Waals surface area contributed by atoms with Crippen LogP contribution in [-0.2, 0) is 6.18 Å². The summed E-state index contributed by atoms with van der Waals surface area (Å²) in [5.74, 6) is 0.347. The second-order valence-corrected chi connectivity index (χ2v) is 5.39. The summed E-state index contributed by atoms with van der Waals surface area (Å²) < 4.78 is 37.1. The number of halogens is 3. The molecular weight excluding hydrogens is 275 g/mol. The Morgan fingerprint density at radius 1 is 1.16 bits per heavy atom. The molecule has 0 bridgehead atoms. The summed E-state index contributed by atoms with van der Waals surface area (Å²) >= 11 is 0.547. The van der Waals surface area contributed by atoms with E-state index in [2.05, 4.69) is 15.5 Å². The maximum absolute atomic E-state index is 12.4. The summed E-state index contributed by atoms with van der Waals surface area (Å²) in [5, 5.41) is 9.00. The third-order valence-corrected chi connectivity index (χ3v) is 3.89. The summed E-state index contributed by atoms with van der Waals surface area (Å²) in [4.78, 5) is 0. The highest BCUT2D eigenvalue weighted by Gasteiger charge is 2.40. The van der Waals surface area contributed by atoms with Crippen molar-refractivity contribution in [3.05, 3.63) is 40.9 Å². The molecule has 1 aromatic carbocycles. The van der Waals surface area contributed by atoms with Gasteiger partial charge >= 0.3 is 6.18 Å². The van der Waals surface area contributed by atoms with E-state index in [4.69, 9.17) is 0 Å². The van der Waals surface area contributed by atoms with Crippen LogP contribution in [0.4, 0.5) is 18.3 Å². The summed E-state index contributed by atoms with van der Waals surface area (Å²) in [6.45, 7) is 0. The van der Waals surface area contributed by atoms with Crippen LogP contribution in [0.25, 0.3) is 0 Å². The van der Waals surface area contributed by atoms with Crippen molar-refractivity contribution < 1.29 is 13.2 Å². The van der Waals surface area contributed by atoms with Gasteiger partial charge in [-0.05, 0) is 12.0 Å². The molecule has 1 aliphatic carbocycles. The Balaban J connectivity index is 1.64. The average Bonchev–Trinajstić information content (AvgIpc) is 2.95. The van der Waals surface area contributed by atoms with Crippen LogP contribution >= 0.6 is 11.3 Å². The summed E-state index contributed by atoms with van der Waals surface area (Å²) in [6, 6.07) is 10.0. The van der Waals surface area contributed by atoms with Crippen LogP contribution in [0.2, 0.25) is 0 Å². The van der Waals surface area contributed by atoms with E-state index in [1.54, 1.807) is 0 Å². The number of nitrogens with one attached hydrogen (secondary N) is 1. The van der Waals surface area contributed by atoms with Crippen molar-refractivity contribution in [1.29, 1.82) is 0 Å². The lowest BCUT2D eigenvalue weighted by Gasteiger charge is -2.01. The summed E-state index contributed by atoms with van der Waals surface area (Å²) in [5.41, 5.74) is 1.19. The third kappa shape index (κ3) is 2.70. The molecule has 0 radical (unpaired) electrons. The number of hydrogen-bond donors (Lipinski definition) is 1. The molecule has 1 fully saturated rings. The van der Waals surface area contributed by atoms with E-state index in [0.717, 1.165) is 6.42 Å². The Morgan fingerprint density at radius 2 is 1.89 bits per heavy atom. The Kier molecular flexibility index (Phi) is 2.93. The Hall–Kier alpha value is -1.63. The minimum Gasteiger partial charge on any atom is -0.357 e. The molecule has 0 spiro atoms. The molecule has 2 atom stereocenters. The number of alkyl halides is 3. The predicted octanol–water partition coefficient (Wildman–Crippen LogP) is 3.52. The maximum Gasteiger partial charge on any atom is 0.445 e. The highest BCUT2D eigenvalue weighted by atomic mass is 32.1. The second kappa shape index (κ2) is 4.48. The second-order valence-electron chi connectivity index (χ2n) is 4.41. The molecule has 3 nitrogen and oxygen atoms in total. The fourth-order valence-electron chi connectivity index (χ4n) is 1.98. The number of nitrogens with zero attached hydrogens (tertiary/aromatic N) is 2. The lowest BCUT2D eigenvalue weighted by atomic mass is 10.1. The summed E-state index contributed by atoms with van der Waals surface area (Å²) in [7, 11) is 0. The average molecular weight is 285 g/mol. The van der Waals surface area contributed by atoms with E-state index >= 15 is 0 Å². The standard InChI is InChI=1S/C12H10F3N3S/c13-12(14,15)10-17-18-11(19-10)16-9-6-8(9)7-4-2-1-3-5-7/h1-5,8-9H,6H2,(H,16,18). The van der Waals surface area contributed by atoms with Crippen LogP contribution in [0.5, 0.6) is 0 Å². The van der Waals surface area contributed by atoms with Gasteiger partial charge in [-0.1, -0.05) is 41.7 Å². The van der Waals surface area contributed by atoms with E-state index in [1.165, 1.54) is 5.56 Å². The molecule has 2 aromatic rings. The number of aromatic nitrogens is 2. The molecule has 2 unspecified atom stereocenters. The first-order valence-electron chi connectivity index (χ1n) is 5.76. The maximum atomic E-state index is 12.4. The van der Waals surface area contributed by atoms with Crippen LogP contribution in [0, 0.1) is 0 Å². The van der Waals surface area contributed by atoms with Gasteiger partial charge in [-0.15, -0.1) is 10.2 Å². The van der Waals surface area contributed by atoms with Crippen LogP contribution < -0.4 is 5.32 Å². The molecule has 1 saturated carbocycles. The summed E-state index contributed by atoms with van der Waals surface area (Å²) in [6.07, 6.45) is -3.51. The number of rotatable bonds is 3. The Bertz CT molecular complexity index is 567. The van der Waals surface area contributed by atoms with Gasteiger partial charge in [0.25, 0.3) is 0 Å². The molecule has 1 aliphatic rings. The molecule has 1 heterocycles. The predicted molar refractivity (Wildman–Crippen MR) is 66.1 cm³/mol. The van der Waals surface area contributed by atoms with Crippen molar-refractivity contribution in [2.24, 2.45) is 0 Å². The molecule has 7 heteroatoms. The fraction of sp³-hybridized carbons (Fsp3) is 0.333. The van der Waals surface area contributed by atoms with Gasteiger partial charge in [0, 0.05) is 12.0 Å². The van der Waals surface area contributed by atoms with Gasteiger partial charge < -0.3 is 5.32 Å². The molecule has 0 saturated heterocycles. The molecule has 0 amide bonds. The zero-order valence-electron chi connectivity index (χ0n) is 9.69. The highest BCUT2D eigenvalue weighted by Crippen LogP contribution is 2.43. The van der Waals surface area contributed by atoms with Gasteiger partial charge in [-0.3, -0.25) is 0 Å². The van der Waals surface area contributed by atoms with Crippen LogP contribution in [0.1, 0.15) is 22.9 Å². The van der Waals surface area contributed by atoms with Crippen LogP contribution in [0.15, 0.2) is 30.3 Å². The van der Waals surface area contributed by atoms with Gasteiger partial charge in [0.05, 0.1) is 0 Å². The van der Waals surface area contributed by atoms with Gasteiger partial charge in [0.2, 0.25) is 10.1 Å². The van der Waals surface area contributed by atoms with Gasteiger partial charge in [0.15, 0.2) is 0 Å².